The molecule has 0 spiro atoms. The highest BCUT2D eigenvalue weighted by molar-refractivity contribution is 5.36. The molecule has 0 aliphatic carbocycles. The highest BCUT2D eigenvalue weighted by atomic mass is 15.3. The van der Waals surface area contributed by atoms with E-state index < -0.39 is 0 Å². The fourth-order valence-electron chi connectivity index (χ4n) is 3.38. The van der Waals surface area contributed by atoms with Crippen molar-refractivity contribution in [1.82, 2.24) is 24.6 Å². The van der Waals surface area contributed by atoms with Crippen LogP contribution in [0.3, 0.4) is 0 Å². The van der Waals surface area contributed by atoms with Crippen LogP contribution in [0.4, 0.5) is 5.82 Å². The van der Waals surface area contributed by atoms with Crippen molar-refractivity contribution in [2.45, 2.75) is 52.2 Å². The van der Waals surface area contributed by atoms with Crippen LogP contribution in [0.25, 0.3) is 0 Å². The first kappa shape index (κ1) is 15.9. The molecule has 1 atom stereocenters. The summed E-state index contributed by atoms with van der Waals surface area (Å²) in [6.07, 6.45) is 4.25. The third kappa shape index (κ3) is 3.37. The lowest BCUT2D eigenvalue weighted by Crippen LogP contribution is -2.25. The maximum atomic E-state index is 4.69. The van der Waals surface area contributed by atoms with E-state index in [2.05, 4.69) is 55.9 Å². The molecule has 2 aromatic rings. The van der Waals surface area contributed by atoms with Gasteiger partial charge in [-0.25, -0.2) is 9.97 Å². The van der Waals surface area contributed by atoms with Gasteiger partial charge in [0.15, 0.2) is 0 Å². The molecule has 6 nitrogen and oxygen atoms in total. The number of aromatic nitrogens is 4. The number of nitrogens with one attached hydrogen (secondary N) is 1. The summed E-state index contributed by atoms with van der Waals surface area (Å²) in [5.74, 6) is 1.72. The zero-order valence-corrected chi connectivity index (χ0v) is 14.5. The van der Waals surface area contributed by atoms with Gasteiger partial charge in [0.25, 0.3) is 0 Å². The van der Waals surface area contributed by atoms with E-state index in [0.717, 1.165) is 36.8 Å². The van der Waals surface area contributed by atoms with Crippen LogP contribution < -0.4 is 5.32 Å². The van der Waals surface area contributed by atoms with Crippen LogP contribution in [0.5, 0.6) is 0 Å². The molecule has 2 aromatic heterocycles. The molecule has 0 unspecified atom stereocenters. The third-order valence-corrected chi connectivity index (χ3v) is 4.43. The molecule has 23 heavy (non-hydrogen) atoms. The first-order chi connectivity index (χ1) is 11.1. The Morgan fingerprint density at radius 1 is 1.35 bits per heavy atom. The van der Waals surface area contributed by atoms with Crippen LogP contribution in [0.1, 0.15) is 56.0 Å². The highest BCUT2D eigenvalue weighted by Gasteiger charge is 2.28. The first-order valence-corrected chi connectivity index (χ1v) is 8.38. The maximum absolute atomic E-state index is 4.69. The van der Waals surface area contributed by atoms with Gasteiger partial charge in [0.2, 0.25) is 0 Å². The largest absolute Gasteiger partial charge is 0.373 e. The minimum atomic E-state index is 0.360. The standard InChI is InChI=1S/C17H26N6/c1-12(2)23-14(7-8-19-23)11-22-9-5-6-16(22)15-10-17(18-4)21-13(3)20-15/h7-8,10,12,16H,5-6,9,11H2,1-4H3,(H,18,20,21)/t16-/m0/s1. The van der Waals surface area contributed by atoms with Crippen molar-refractivity contribution in [3.8, 4) is 0 Å². The Kier molecular flexibility index (Phi) is 4.61. The van der Waals surface area contributed by atoms with Crippen LogP contribution in [-0.4, -0.2) is 38.2 Å². The van der Waals surface area contributed by atoms with Gasteiger partial charge < -0.3 is 5.32 Å². The van der Waals surface area contributed by atoms with Gasteiger partial charge in [-0.1, -0.05) is 0 Å². The Balaban J connectivity index is 1.83. The second kappa shape index (κ2) is 6.66. The van der Waals surface area contributed by atoms with Gasteiger partial charge >= 0.3 is 0 Å². The fourth-order valence-corrected chi connectivity index (χ4v) is 3.38. The minimum absolute atomic E-state index is 0.360. The fraction of sp³-hybridized carbons (Fsp3) is 0.588. The highest BCUT2D eigenvalue weighted by Crippen LogP contribution is 2.33. The second-order valence-electron chi connectivity index (χ2n) is 6.46. The molecule has 0 bridgehead atoms. The minimum Gasteiger partial charge on any atom is -0.373 e. The van der Waals surface area contributed by atoms with E-state index in [1.165, 1.54) is 12.1 Å². The molecule has 1 N–H and O–H groups in total. The number of rotatable bonds is 5. The molecule has 6 heteroatoms. The number of nitrogens with zero attached hydrogens (tertiary/aromatic N) is 5. The topological polar surface area (TPSA) is 58.9 Å². The Labute approximate surface area is 137 Å². The number of likely N-dealkylation sites (tertiary alicyclic amines) is 1. The van der Waals surface area contributed by atoms with E-state index in [9.17, 15) is 0 Å². The quantitative estimate of drug-likeness (QED) is 0.919. The van der Waals surface area contributed by atoms with Crippen molar-refractivity contribution < 1.29 is 0 Å². The lowest BCUT2D eigenvalue weighted by Gasteiger charge is -2.25. The molecule has 3 heterocycles. The molecule has 0 amide bonds. The van der Waals surface area contributed by atoms with Gasteiger partial charge in [-0.2, -0.15) is 5.10 Å². The number of hydrogen-bond donors (Lipinski definition) is 1. The number of aryl methyl sites for hydroxylation is 1. The average molecular weight is 314 g/mol. The molecule has 1 fully saturated rings. The third-order valence-electron chi connectivity index (χ3n) is 4.43. The monoisotopic (exact) mass is 314 g/mol. The second-order valence-corrected chi connectivity index (χ2v) is 6.46. The Hall–Kier alpha value is -1.95. The average Bonchev–Trinajstić information content (AvgIpc) is 3.16. The van der Waals surface area contributed by atoms with E-state index in [4.69, 9.17) is 0 Å². The van der Waals surface area contributed by atoms with Crippen molar-refractivity contribution in [1.29, 1.82) is 0 Å². The Morgan fingerprint density at radius 2 is 2.17 bits per heavy atom. The van der Waals surface area contributed by atoms with Crippen molar-refractivity contribution in [3.05, 3.63) is 35.5 Å². The summed E-state index contributed by atoms with van der Waals surface area (Å²) >= 11 is 0. The first-order valence-electron chi connectivity index (χ1n) is 8.38. The molecular weight excluding hydrogens is 288 g/mol. The summed E-state index contributed by atoms with van der Waals surface area (Å²) in [7, 11) is 1.90. The summed E-state index contributed by atoms with van der Waals surface area (Å²) in [6, 6.07) is 4.95. The van der Waals surface area contributed by atoms with Crippen molar-refractivity contribution in [3.63, 3.8) is 0 Å². The van der Waals surface area contributed by atoms with Gasteiger partial charge in [-0.05, 0) is 46.2 Å². The van der Waals surface area contributed by atoms with E-state index in [1.54, 1.807) is 0 Å². The van der Waals surface area contributed by atoms with E-state index in [1.807, 2.05) is 20.2 Å². The van der Waals surface area contributed by atoms with Crippen LogP contribution in [0.15, 0.2) is 18.3 Å². The summed E-state index contributed by atoms with van der Waals surface area (Å²) in [4.78, 5) is 11.6. The normalized spacial score (nSPS) is 18.7. The summed E-state index contributed by atoms with van der Waals surface area (Å²) in [5, 5.41) is 7.58. The molecule has 1 aliphatic heterocycles. The zero-order valence-electron chi connectivity index (χ0n) is 14.5. The van der Waals surface area contributed by atoms with E-state index in [-0.39, 0.29) is 0 Å². The molecular formula is C17H26N6. The van der Waals surface area contributed by atoms with Gasteiger partial charge in [0, 0.05) is 31.9 Å². The molecule has 124 valence electrons. The Bertz CT molecular complexity index is 663. The number of anilines is 1. The lowest BCUT2D eigenvalue weighted by atomic mass is 10.1. The SMILES string of the molecule is CNc1cc([C@@H]2CCCN2Cc2ccnn2C(C)C)nc(C)n1. The van der Waals surface area contributed by atoms with Gasteiger partial charge in [-0.3, -0.25) is 9.58 Å². The molecule has 0 radical (unpaired) electrons. The molecule has 3 rings (SSSR count). The smallest absolute Gasteiger partial charge is 0.129 e. The number of hydrogen-bond acceptors (Lipinski definition) is 5. The summed E-state index contributed by atoms with van der Waals surface area (Å²) in [5.41, 5.74) is 2.39. The van der Waals surface area contributed by atoms with Crippen molar-refractivity contribution in [2.24, 2.45) is 0 Å². The summed E-state index contributed by atoms with van der Waals surface area (Å²) in [6.45, 7) is 8.32. The van der Waals surface area contributed by atoms with Crippen LogP contribution in [0.2, 0.25) is 0 Å². The lowest BCUT2D eigenvalue weighted by molar-refractivity contribution is 0.234. The van der Waals surface area contributed by atoms with Crippen LogP contribution in [-0.2, 0) is 6.54 Å². The van der Waals surface area contributed by atoms with E-state index in [0.29, 0.717) is 12.1 Å². The zero-order chi connectivity index (χ0) is 16.4. The van der Waals surface area contributed by atoms with E-state index >= 15 is 0 Å². The molecule has 0 aromatic carbocycles. The van der Waals surface area contributed by atoms with Gasteiger partial charge in [-0.15, -0.1) is 0 Å². The van der Waals surface area contributed by atoms with Crippen molar-refractivity contribution in [2.75, 3.05) is 18.9 Å². The predicted octanol–water partition coefficient (Wildman–Crippen LogP) is 2.94. The summed E-state index contributed by atoms with van der Waals surface area (Å²) < 4.78 is 2.11. The molecule has 1 saturated heterocycles. The van der Waals surface area contributed by atoms with Gasteiger partial charge in [0.05, 0.1) is 17.4 Å². The maximum Gasteiger partial charge on any atom is 0.129 e. The predicted molar refractivity (Wildman–Crippen MR) is 91.3 cm³/mol. The van der Waals surface area contributed by atoms with Gasteiger partial charge in [0.1, 0.15) is 11.6 Å². The van der Waals surface area contributed by atoms with Crippen LogP contribution >= 0.6 is 0 Å². The van der Waals surface area contributed by atoms with Crippen LogP contribution in [0, 0.1) is 6.92 Å². The van der Waals surface area contributed by atoms with Crippen molar-refractivity contribution >= 4 is 5.82 Å². The molecule has 1 aliphatic rings. The Morgan fingerprint density at radius 3 is 2.91 bits per heavy atom. The molecule has 0 saturated carbocycles.